The summed E-state index contributed by atoms with van der Waals surface area (Å²) in [7, 11) is 0. The van der Waals surface area contributed by atoms with E-state index in [4.69, 9.17) is 10.8 Å². The van der Waals surface area contributed by atoms with E-state index >= 15 is 0 Å². The van der Waals surface area contributed by atoms with Gasteiger partial charge in [0.1, 0.15) is 0 Å². The molecule has 10 heteroatoms. The zero-order valence-electron chi connectivity index (χ0n) is 13.5. The third-order valence-corrected chi connectivity index (χ3v) is 4.20. The van der Waals surface area contributed by atoms with Crippen LogP contribution in [0.15, 0.2) is 23.1 Å². The molecule has 0 aromatic carbocycles. The molecule has 0 aliphatic carbocycles. The Bertz CT molecular complexity index is 882. The standard InChI is InChI=1S/C15H18BrN7O2/c1-8-2-3-9(4-18-8)6-23-13-11(20-14(23)16)12(17)21-15(22-13)19-5-10(25)7-24/h2-4,10,24-25H,5-7H2,1H3,(H3,17,19,21,22). The minimum Gasteiger partial charge on any atom is -0.394 e. The molecule has 0 spiro atoms. The number of nitrogen functional groups attached to an aromatic ring is 1. The SMILES string of the molecule is Cc1ccc(Cn2c(Br)nc3c(N)nc(NCC(O)CO)nc32)cn1. The molecule has 3 heterocycles. The molecule has 3 aromatic rings. The molecule has 1 atom stereocenters. The van der Waals surface area contributed by atoms with Crippen molar-refractivity contribution in [2.45, 2.75) is 19.6 Å². The topological polar surface area (TPSA) is 135 Å². The molecule has 0 aliphatic rings. The van der Waals surface area contributed by atoms with Crippen LogP contribution < -0.4 is 11.1 Å². The van der Waals surface area contributed by atoms with Crippen molar-refractivity contribution in [2.75, 3.05) is 24.2 Å². The second-order valence-electron chi connectivity index (χ2n) is 5.60. The molecule has 0 saturated carbocycles. The van der Waals surface area contributed by atoms with Gasteiger partial charge in [-0.2, -0.15) is 9.97 Å². The fraction of sp³-hybridized carbons (Fsp3) is 0.333. The first-order valence-electron chi connectivity index (χ1n) is 7.61. The van der Waals surface area contributed by atoms with E-state index in [1.54, 1.807) is 6.20 Å². The maximum absolute atomic E-state index is 9.45. The van der Waals surface area contributed by atoms with E-state index in [1.807, 2.05) is 23.6 Å². The fourth-order valence-corrected chi connectivity index (χ4v) is 2.73. The van der Waals surface area contributed by atoms with E-state index in [1.165, 1.54) is 0 Å². The zero-order valence-corrected chi connectivity index (χ0v) is 15.1. The highest BCUT2D eigenvalue weighted by atomic mass is 79.9. The van der Waals surface area contributed by atoms with Gasteiger partial charge in [0.15, 0.2) is 21.7 Å². The first-order chi connectivity index (χ1) is 12.0. The van der Waals surface area contributed by atoms with Crippen molar-refractivity contribution < 1.29 is 10.2 Å². The van der Waals surface area contributed by atoms with E-state index in [9.17, 15) is 5.11 Å². The number of aliphatic hydroxyl groups excluding tert-OH is 2. The summed E-state index contributed by atoms with van der Waals surface area (Å²) < 4.78 is 2.43. The number of nitrogens with zero attached hydrogens (tertiary/aromatic N) is 5. The number of nitrogens with two attached hydrogens (primary N) is 1. The molecule has 5 N–H and O–H groups in total. The number of aromatic nitrogens is 5. The summed E-state index contributed by atoms with van der Waals surface area (Å²) in [6.07, 6.45) is 0.894. The van der Waals surface area contributed by atoms with Crippen molar-refractivity contribution in [3.8, 4) is 0 Å². The number of nitrogens with one attached hydrogen (secondary N) is 1. The Morgan fingerprint density at radius 1 is 1.32 bits per heavy atom. The van der Waals surface area contributed by atoms with Gasteiger partial charge in [0.25, 0.3) is 0 Å². The highest BCUT2D eigenvalue weighted by Gasteiger charge is 2.16. The van der Waals surface area contributed by atoms with Crippen molar-refractivity contribution in [2.24, 2.45) is 0 Å². The lowest BCUT2D eigenvalue weighted by molar-refractivity contribution is 0.105. The summed E-state index contributed by atoms with van der Waals surface area (Å²) in [4.78, 5) is 17.2. The molecule has 25 heavy (non-hydrogen) atoms. The lowest BCUT2D eigenvalue weighted by atomic mass is 10.2. The number of aliphatic hydroxyl groups is 2. The van der Waals surface area contributed by atoms with Crippen LogP contribution in [0.5, 0.6) is 0 Å². The van der Waals surface area contributed by atoms with E-state index in [0.29, 0.717) is 22.4 Å². The lowest BCUT2D eigenvalue weighted by Gasteiger charge is -2.10. The number of anilines is 2. The molecular weight excluding hydrogens is 390 g/mol. The second-order valence-corrected chi connectivity index (χ2v) is 6.31. The quantitative estimate of drug-likeness (QED) is 0.438. The molecule has 0 bridgehead atoms. The lowest BCUT2D eigenvalue weighted by Crippen LogP contribution is -2.24. The van der Waals surface area contributed by atoms with Gasteiger partial charge in [-0.3, -0.25) is 9.55 Å². The molecule has 3 rings (SSSR count). The van der Waals surface area contributed by atoms with Crippen LogP contribution >= 0.6 is 15.9 Å². The monoisotopic (exact) mass is 407 g/mol. The molecule has 9 nitrogen and oxygen atoms in total. The minimum absolute atomic E-state index is 0.110. The average molecular weight is 408 g/mol. The summed E-state index contributed by atoms with van der Waals surface area (Å²) >= 11 is 3.43. The first kappa shape index (κ1) is 17.5. The molecule has 0 radical (unpaired) electrons. The van der Waals surface area contributed by atoms with Crippen molar-refractivity contribution in [1.29, 1.82) is 0 Å². The highest BCUT2D eigenvalue weighted by molar-refractivity contribution is 9.10. The molecule has 0 amide bonds. The van der Waals surface area contributed by atoms with Crippen LogP contribution in [-0.4, -0.2) is 54.0 Å². The average Bonchev–Trinajstić information content (AvgIpc) is 2.91. The zero-order chi connectivity index (χ0) is 18.0. The number of hydrogen-bond acceptors (Lipinski definition) is 8. The molecular formula is C15H18BrN7O2. The Morgan fingerprint density at radius 2 is 2.12 bits per heavy atom. The predicted octanol–water partition coefficient (Wildman–Crippen LogP) is 0.688. The van der Waals surface area contributed by atoms with Gasteiger partial charge >= 0.3 is 0 Å². The Hall–Kier alpha value is -2.30. The van der Waals surface area contributed by atoms with Crippen LogP contribution in [0.3, 0.4) is 0 Å². The van der Waals surface area contributed by atoms with E-state index in [-0.39, 0.29) is 24.9 Å². The maximum Gasteiger partial charge on any atom is 0.226 e. The fourth-order valence-electron chi connectivity index (χ4n) is 2.26. The van der Waals surface area contributed by atoms with Gasteiger partial charge in [0, 0.05) is 18.4 Å². The van der Waals surface area contributed by atoms with Gasteiger partial charge in [-0.05, 0) is 34.5 Å². The third-order valence-electron chi connectivity index (χ3n) is 3.59. The third kappa shape index (κ3) is 3.86. The maximum atomic E-state index is 9.45. The first-order valence-corrected chi connectivity index (χ1v) is 8.40. The number of rotatable bonds is 6. The largest absolute Gasteiger partial charge is 0.394 e. The summed E-state index contributed by atoms with van der Waals surface area (Å²) in [6.45, 7) is 2.20. The van der Waals surface area contributed by atoms with Gasteiger partial charge < -0.3 is 21.3 Å². The molecule has 3 aromatic heterocycles. The molecule has 0 fully saturated rings. The Balaban J connectivity index is 1.95. The number of pyridine rings is 1. The van der Waals surface area contributed by atoms with E-state index < -0.39 is 6.10 Å². The minimum atomic E-state index is -0.907. The summed E-state index contributed by atoms with van der Waals surface area (Å²) in [6, 6.07) is 3.93. The second kappa shape index (κ2) is 7.30. The molecule has 1 unspecified atom stereocenters. The van der Waals surface area contributed by atoms with Gasteiger partial charge in [-0.1, -0.05) is 6.07 Å². The predicted molar refractivity (Wildman–Crippen MR) is 97.1 cm³/mol. The summed E-state index contributed by atoms with van der Waals surface area (Å²) in [5, 5.41) is 21.2. The van der Waals surface area contributed by atoms with Gasteiger partial charge in [0.2, 0.25) is 5.95 Å². The van der Waals surface area contributed by atoms with Gasteiger partial charge in [0.05, 0.1) is 19.3 Å². The van der Waals surface area contributed by atoms with Crippen LogP contribution in [0.25, 0.3) is 11.2 Å². The Labute approximate surface area is 152 Å². The summed E-state index contributed by atoms with van der Waals surface area (Å²) in [5.74, 6) is 0.487. The van der Waals surface area contributed by atoms with Crippen molar-refractivity contribution in [3.63, 3.8) is 0 Å². The molecule has 0 aliphatic heterocycles. The molecule has 132 valence electrons. The van der Waals surface area contributed by atoms with Crippen molar-refractivity contribution in [3.05, 3.63) is 34.3 Å². The number of halogens is 1. The smallest absolute Gasteiger partial charge is 0.226 e. The number of imidazole rings is 1. The number of fused-ring (bicyclic) bond motifs is 1. The van der Waals surface area contributed by atoms with Gasteiger partial charge in [-0.15, -0.1) is 0 Å². The van der Waals surface area contributed by atoms with Crippen molar-refractivity contribution in [1.82, 2.24) is 24.5 Å². The van der Waals surface area contributed by atoms with E-state index in [0.717, 1.165) is 11.3 Å². The summed E-state index contributed by atoms with van der Waals surface area (Å²) in [5.41, 5.74) is 8.96. The number of hydrogen-bond donors (Lipinski definition) is 4. The van der Waals surface area contributed by atoms with E-state index in [2.05, 4.69) is 41.2 Å². The molecule has 0 saturated heterocycles. The Kier molecular flexibility index (Phi) is 5.11. The van der Waals surface area contributed by atoms with Crippen LogP contribution in [0.2, 0.25) is 0 Å². The highest BCUT2D eigenvalue weighted by Crippen LogP contribution is 2.24. The Morgan fingerprint density at radius 3 is 2.80 bits per heavy atom. The van der Waals surface area contributed by atoms with Crippen LogP contribution in [0.1, 0.15) is 11.3 Å². The van der Waals surface area contributed by atoms with Crippen LogP contribution in [0, 0.1) is 6.92 Å². The van der Waals surface area contributed by atoms with Crippen LogP contribution in [0.4, 0.5) is 11.8 Å². The van der Waals surface area contributed by atoms with Crippen molar-refractivity contribution >= 4 is 38.9 Å². The van der Waals surface area contributed by atoms with Gasteiger partial charge in [-0.25, -0.2) is 4.98 Å². The number of aryl methyl sites for hydroxylation is 1. The van der Waals surface area contributed by atoms with Crippen LogP contribution in [-0.2, 0) is 6.54 Å². The normalized spacial score (nSPS) is 12.5.